The Bertz CT molecular complexity index is 516. The van der Waals surface area contributed by atoms with E-state index < -0.39 is 0 Å². The molecule has 0 spiro atoms. The fourth-order valence-electron chi connectivity index (χ4n) is 2.07. The minimum Gasteiger partial charge on any atom is -0.373 e. The Morgan fingerprint density at radius 3 is 2.76 bits per heavy atom. The van der Waals surface area contributed by atoms with Crippen LogP contribution >= 0.6 is 15.9 Å². The number of hydrogen-bond acceptors (Lipinski definition) is 1. The second kappa shape index (κ2) is 5.23. The maximum Gasteiger partial charge on any atom is 0.0871 e. The van der Waals surface area contributed by atoms with E-state index in [-0.39, 0.29) is 6.10 Å². The van der Waals surface area contributed by atoms with Crippen molar-refractivity contribution in [3.63, 3.8) is 0 Å². The van der Waals surface area contributed by atoms with E-state index in [0.29, 0.717) is 6.61 Å². The molecular weight excluding hydrogens is 278 g/mol. The quantitative estimate of drug-likeness (QED) is 0.818. The third kappa shape index (κ3) is 2.55. The van der Waals surface area contributed by atoms with Crippen molar-refractivity contribution in [3.8, 4) is 0 Å². The lowest BCUT2D eigenvalue weighted by Crippen LogP contribution is -2.07. The van der Waals surface area contributed by atoms with Gasteiger partial charge in [-0.3, -0.25) is 0 Å². The van der Waals surface area contributed by atoms with E-state index in [1.54, 1.807) is 0 Å². The van der Waals surface area contributed by atoms with E-state index in [0.717, 1.165) is 11.0 Å². The zero-order valence-electron chi connectivity index (χ0n) is 10.5. The van der Waals surface area contributed by atoms with Gasteiger partial charge in [0.05, 0.1) is 18.2 Å². The molecule has 0 aliphatic rings. The van der Waals surface area contributed by atoms with Crippen molar-refractivity contribution >= 4 is 26.8 Å². The Labute approximate surface area is 111 Å². The van der Waals surface area contributed by atoms with E-state index in [4.69, 9.17) is 4.74 Å². The smallest absolute Gasteiger partial charge is 0.0871 e. The maximum atomic E-state index is 5.70. The number of para-hydroxylation sites is 1. The Morgan fingerprint density at radius 2 is 2.12 bits per heavy atom. The van der Waals surface area contributed by atoms with Gasteiger partial charge in [0, 0.05) is 22.1 Å². The summed E-state index contributed by atoms with van der Waals surface area (Å²) in [6.07, 6.45) is 0.266. The molecule has 0 aliphatic heterocycles. The summed E-state index contributed by atoms with van der Waals surface area (Å²) < 4.78 is 9.16. The summed E-state index contributed by atoms with van der Waals surface area (Å²) in [5, 5.41) is 1.27. The van der Waals surface area contributed by atoms with E-state index in [1.807, 2.05) is 0 Å². The highest BCUT2D eigenvalue weighted by molar-refractivity contribution is 9.10. The lowest BCUT2D eigenvalue weighted by atomic mass is 10.2. The second-order valence-electron chi connectivity index (χ2n) is 4.42. The highest BCUT2D eigenvalue weighted by atomic mass is 79.9. The molecule has 2 nitrogen and oxygen atoms in total. The lowest BCUT2D eigenvalue weighted by Gasteiger charge is -2.11. The first-order valence-corrected chi connectivity index (χ1v) is 6.81. The summed E-state index contributed by atoms with van der Waals surface area (Å²) in [5.41, 5.74) is 2.50. The fraction of sp³-hybridized carbons (Fsp3) is 0.429. The van der Waals surface area contributed by atoms with E-state index >= 15 is 0 Å². The predicted molar refractivity (Wildman–Crippen MR) is 75.2 cm³/mol. The average Bonchev–Trinajstić information content (AvgIpc) is 2.65. The number of aryl methyl sites for hydroxylation is 1. The van der Waals surface area contributed by atoms with Gasteiger partial charge < -0.3 is 9.30 Å². The number of hydrogen-bond donors (Lipinski definition) is 0. The minimum absolute atomic E-state index is 0.266. The van der Waals surface area contributed by atoms with Gasteiger partial charge in [-0.15, -0.1) is 0 Å². The van der Waals surface area contributed by atoms with Gasteiger partial charge in [0.15, 0.2) is 0 Å². The summed E-state index contributed by atoms with van der Waals surface area (Å²) >= 11 is 3.62. The largest absolute Gasteiger partial charge is 0.373 e. The zero-order valence-corrected chi connectivity index (χ0v) is 12.1. The Morgan fingerprint density at radius 1 is 1.35 bits per heavy atom. The fourth-order valence-corrected chi connectivity index (χ4v) is 2.66. The van der Waals surface area contributed by atoms with Crippen molar-refractivity contribution in [2.75, 3.05) is 0 Å². The topological polar surface area (TPSA) is 14.2 Å². The minimum atomic E-state index is 0.266. The Balaban J connectivity index is 2.45. The van der Waals surface area contributed by atoms with Crippen LogP contribution in [0, 0.1) is 0 Å². The molecule has 1 heterocycles. The van der Waals surface area contributed by atoms with Crippen molar-refractivity contribution in [1.29, 1.82) is 0 Å². The molecule has 3 heteroatoms. The van der Waals surface area contributed by atoms with Crippen molar-refractivity contribution < 1.29 is 4.74 Å². The molecule has 1 aromatic carbocycles. The van der Waals surface area contributed by atoms with Crippen molar-refractivity contribution in [2.45, 2.75) is 40.0 Å². The molecule has 0 aliphatic carbocycles. The van der Waals surface area contributed by atoms with Gasteiger partial charge >= 0.3 is 0 Å². The molecule has 0 amide bonds. The number of benzene rings is 1. The van der Waals surface area contributed by atoms with Crippen LogP contribution in [-0.4, -0.2) is 10.7 Å². The first-order valence-electron chi connectivity index (χ1n) is 6.01. The number of halogens is 1. The van der Waals surface area contributed by atoms with Crippen LogP contribution in [0.5, 0.6) is 0 Å². The first-order chi connectivity index (χ1) is 8.13. The molecule has 0 atom stereocenters. The van der Waals surface area contributed by atoms with Crippen LogP contribution < -0.4 is 0 Å². The zero-order chi connectivity index (χ0) is 12.4. The standard InChI is InChI=1S/C14H18BrNO/c1-4-16-12(9-17-10(2)3)8-11-6-5-7-13(15)14(11)16/h5-8,10H,4,9H2,1-3H3. The van der Waals surface area contributed by atoms with Gasteiger partial charge in [-0.25, -0.2) is 0 Å². The van der Waals surface area contributed by atoms with Crippen LogP contribution in [0.15, 0.2) is 28.7 Å². The van der Waals surface area contributed by atoms with Gasteiger partial charge in [-0.2, -0.15) is 0 Å². The number of aromatic nitrogens is 1. The van der Waals surface area contributed by atoms with Crippen LogP contribution in [0.25, 0.3) is 10.9 Å². The number of ether oxygens (including phenoxy) is 1. The maximum absolute atomic E-state index is 5.70. The number of rotatable bonds is 4. The molecule has 2 aromatic rings. The molecule has 0 radical (unpaired) electrons. The summed E-state index contributed by atoms with van der Waals surface area (Å²) in [5.74, 6) is 0. The summed E-state index contributed by atoms with van der Waals surface area (Å²) in [6.45, 7) is 7.93. The molecule has 0 saturated carbocycles. The van der Waals surface area contributed by atoms with Crippen molar-refractivity contribution in [2.24, 2.45) is 0 Å². The van der Waals surface area contributed by atoms with Gasteiger partial charge in [0.1, 0.15) is 0 Å². The SMILES string of the molecule is CCn1c(COC(C)C)cc2cccc(Br)c21. The van der Waals surface area contributed by atoms with Crippen molar-refractivity contribution in [1.82, 2.24) is 4.57 Å². The van der Waals surface area contributed by atoms with Gasteiger partial charge in [-0.05, 0) is 48.8 Å². The molecule has 2 rings (SSSR count). The van der Waals surface area contributed by atoms with Gasteiger partial charge in [0.2, 0.25) is 0 Å². The Kier molecular flexibility index (Phi) is 3.89. The highest BCUT2D eigenvalue weighted by Gasteiger charge is 2.10. The van der Waals surface area contributed by atoms with Crippen LogP contribution in [0.1, 0.15) is 26.5 Å². The van der Waals surface area contributed by atoms with Gasteiger partial charge in [-0.1, -0.05) is 12.1 Å². The van der Waals surface area contributed by atoms with Crippen LogP contribution in [0.3, 0.4) is 0 Å². The van der Waals surface area contributed by atoms with Gasteiger partial charge in [0.25, 0.3) is 0 Å². The van der Waals surface area contributed by atoms with Crippen LogP contribution in [0.2, 0.25) is 0 Å². The summed E-state index contributed by atoms with van der Waals surface area (Å²) in [7, 11) is 0. The number of fused-ring (bicyclic) bond motifs is 1. The Hall–Kier alpha value is -0.800. The third-order valence-electron chi connectivity index (χ3n) is 2.84. The molecule has 0 fully saturated rings. The highest BCUT2D eigenvalue weighted by Crippen LogP contribution is 2.27. The van der Waals surface area contributed by atoms with Crippen LogP contribution in [0.4, 0.5) is 0 Å². The molecule has 0 saturated heterocycles. The summed E-state index contributed by atoms with van der Waals surface area (Å²) in [4.78, 5) is 0. The molecular formula is C14H18BrNO. The summed E-state index contributed by atoms with van der Waals surface area (Å²) in [6, 6.07) is 8.51. The first kappa shape index (κ1) is 12.7. The number of nitrogens with zero attached hydrogens (tertiary/aromatic N) is 1. The molecule has 92 valence electrons. The second-order valence-corrected chi connectivity index (χ2v) is 5.27. The molecule has 0 unspecified atom stereocenters. The van der Waals surface area contributed by atoms with E-state index in [9.17, 15) is 0 Å². The van der Waals surface area contributed by atoms with Crippen LogP contribution in [-0.2, 0) is 17.9 Å². The molecule has 17 heavy (non-hydrogen) atoms. The third-order valence-corrected chi connectivity index (χ3v) is 3.48. The molecule has 1 aromatic heterocycles. The predicted octanol–water partition coefficient (Wildman–Crippen LogP) is 4.35. The lowest BCUT2D eigenvalue weighted by molar-refractivity contribution is 0.0620. The van der Waals surface area contributed by atoms with Crippen molar-refractivity contribution in [3.05, 3.63) is 34.4 Å². The average molecular weight is 296 g/mol. The molecule has 0 N–H and O–H groups in total. The van der Waals surface area contributed by atoms with E-state index in [2.05, 4.69) is 65.5 Å². The normalized spacial score (nSPS) is 11.6. The monoisotopic (exact) mass is 295 g/mol. The molecule has 0 bridgehead atoms. The van der Waals surface area contributed by atoms with E-state index in [1.165, 1.54) is 16.6 Å².